The highest BCUT2D eigenvalue weighted by Crippen LogP contribution is 2.39. The van der Waals surface area contributed by atoms with Gasteiger partial charge in [0.05, 0.1) is 28.8 Å². The summed E-state index contributed by atoms with van der Waals surface area (Å²) in [5, 5.41) is 13.6. The van der Waals surface area contributed by atoms with Gasteiger partial charge in [0.25, 0.3) is 0 Å². The molecule has 0 aliphatic carbocycles. The first kappa shape index (κ1) is 18.4. The predicted molar refractivity (Wildman–Crippen MR) is 104 cm³/mol. The first-order valence-electron chi connectivity index (χ1n) is 8.06. The number of hydrogen-bond donors (Lipinski definition) is 1. The lowest BCUT2D eigenvalue weighted by Crippen LogP contribution is -2.30. The summed E-state index contributed by atoms with van der Waals surface area (Å²) in [6, 6.07) is 17.6. The summed E-state index contributed by atoms with van der Waals surface area (Å²) in [6.07, 6.45) is 0.223. The Bertz CT molecular complexity index is 890. The van der Waals surface area contributed by atoms with Crippen LogP contribution in [0.25, 0.3) is 0 Å². The van der Waals surface area contributed by atoms with Crippen molar-refractivity contribution in [1.82, 2.24) is 5.32 Å². The molecule has 0 aromatic heterocycles. The number of amides is 1. The highest BCUT2D eigenvalue weighted by Gasteiger charge is 2.30. The van der Waals surface area contributed by atoms with Gasteiger partial charge in [0.1, 0.15) is 5.75 Å². The van der Waals surface area contributed by atoms with Crippen molar-refractivity contribution < 1.29 is 9.53 Å². The molecule has 26 heavy (non-hydrogen) atoms. The van der Waals surface area contributed by atoms with E-state index in [1.54, 1.807) is 19.2 Å². The van der Waals surface area contributed by atoms with Crippen LogP contribution in [0.15, 0.2) is 59.1 Å². The molecule has 1 atom stereocenters. The third kappa shape index (κ3) is 4.04. The van der Waals surface area contributed by atoms with E-state index in [0.29, 0.717) is 27.1 Å². The van der Waals surface area contributed by atoms with Gasteiger partial charge in [-0.1, -0.05) is 48.0 Å². The lowest BCUT2D eigenvalue weighted by Gasteiger charge is -2.25. The molecule has 2 aromatic rings. The maximum Gasteiger partial charge on any atom is 0.225 e. The number of nitrogens with one attached hydrogen (secondary N) is 1. The molecular weight excluding hydrogens is 368 g/mol. The van der Waals surface area contributed by atoms with Gasteiger partial charge in [0.15, 0.2) is 0 Å². The molecule has 3 rings (SSSR count). The second kappa shape index (κ2) is 8.31. The molecule has 4 nitrogen and oxygen atoms in total. The summed E-state index contributed by atoms with van der Waals surface area (Å²) in [5.41, 5.74) is 2.53. The zero-order valence-electron chi connectivity index (χ0n) is 14.2. The van der Waals surface area contributed by atoms with Crippen LogP contribution in [0.3, 0.4) is 0 Å². The molecule has 1 amide bonds. The zero-order chi connectivity index (χ0) is 18.5. The lowest BCUT2D eigenvalue weighted by atomic mass is 9.87. The van der Waals surface area contributed by atoms with Crippen LogP contribution in [0.4, 0.5) is 0 Å². The number of benzene rings is 2. The number of allylic oxidation sites excluding steroid dienone is 1. The monoisotopic (exact) mass is 384 g/mol. The van der Waals surface area contributed by atoms with Gasteiger partial charge in [0.2, 0.25) is 5.91 Å². The minimum Gasteiger partial charge on any atom is -0.495 e. The minimum atomic E-state index is -0.310. The number of halogens is 1. The van der Waals surface area contributed by atoms with Gasteiger partial charge in [-0.25, -0.2) is 0 Å². The Morgan fingerprint density at radius 3 is 2.73 bits per heavy atom. The fraction of sp³-hybridized carbons (Fsp3) is 0.200. The van der Waals surface area contributed by atoms with E-state index >= 15 is 0 Å². The number of hydrogen-bond acceptors (Lipinski definition) is 4. The van der Waals surface area contributed by atoms with Crippen molar-refractivity contribution in [1.29, 1.82) is 5.26 Å². The van der Waals surface area contributed by atoms with Gasteiger partial charge in [-0.3, -0.25) is 4.79 Å². The number of nitrogens with zero attached hydrogens (tertiary/aromatic N) is 1. The Kier molecular flexibility index (Phi) is 5.87. The number of methoxy groups -OCH3 is 1. The fourth-order valence-corrected chi connectivity index (χ4v) is 4.15. The molecule has 0 unspecified atom stereocenters. The van der Waals surface area contributed by atoms with Crippen molar-refractivity contribution in [2.75, 3.05) is 7.11 Å². The van der Waals surface area contributed by atoms with Gasteiger partial charge in [-0.05, 0) is 23.3 Å². The molecule has 6 heteroatoms. The number of carbonyl (C=O) groups is 1. The number of rotatable bonds is 5. The van der Waals surface area contributed by atoms with E-state index in [0.717, 1.165) is 11.1 Å². The summed E-state index contributed by atoms with van der Waals surface area (Å²) >= 11 is 7.69. The standard InChI is InChI=1S/C20H17ClN2O2S/c1-25-18-8-7-14(9-17(18)21)15-10-19(24)23-20(16(15)11-22)26-12-13-5-3-2-4-6-13/h2-9,15H,10,12H2,1H3,(H,23,24)/t15-/m1/s1. The molecule has 2 aromatic carbocycles. The highest BCUT2D eigenvalue weighted by molar-refractivity contribution is 8.02. The Morgan fingerprint density at radius 2 is 2.08 bits per heavy atom. The Hall–Kier alpha value is -2.42. The fourth-order valence-electron chi connectivity index (χ4n) is 2.85. The van der Waals surface area contributed by atoms with Crippen LogP contribution >= 0.6 is 23.4 Å². The van der Waals surface area contributed by atoms with Crippen molar-refractivity contribution in [3.63, 3.8) is 0 Å². The molecule has 1 aliphatic heterocycles. The van der Waals surface area contributed by atoms with E-state index in [9.17, 15) is 10.1 Å². The predicted octanol–water partition coefficient (Wildman–Crippen LogP) is 4.62. The normalized spacial score (nSPS) is 16.8. The molecule has 0 saturated heterocycles. The molecule has 0 saturated carbocycles. The summed E-state index contributed by atoms with van der Waals surface area (Å²) in [6.45, 7) is 0. The average Bonchev–Trinajstić information content (AvgIpc) is 2.66. The van der Waals surface area contributed by atoms with Crippen LogP contribution in [-0.4, -0.2) is 13.0 Å². The number of carbonyl (C=O) groups excluding carboxylic acids is 1. The maximum absolute atomic E-state index is 12.2. The van der Waals surface area contributed by atoms with Crippen LogP contribution in [0.2, 0.25) is 5.02 Å². The maximum atomic E-state index is 12.2. The summed E-state index contributed by atoms with van der Waals surface area (Å²) in [4.78, 5) is 12.2. The quantitative estimate of drug-likeness (QED) is 0.816. The zero-order valence-corrected chi connectivity index (χ0v) is 15.7. The molecule has 0 radical (unpaired) electrons. The van der Waals surface area contributed by atoms with Gasteiger partial charge in [-0.2, -0.15) is 5.26 Å². The first-order valence-corrected chi connectivity index (χ1v) is 9.43. The molecule has 0 bridgehead atoms. The molecule has 1 N–H and O–H groups in total. The van der Waals surface area contributed by atoms with E-state index in [1.165, 1.54) is 11.8 Å². The van der Waals surface area contributed by atoms with Crippen molar-refractivity contribution >= 4 is 29.3 Å². The molecule has 0 fully saturated rings. The van der Waals surface area contributed by atoms with E-state index in [2.05, 4.69) is 11.4 Å². The highest BCUT2D eigenvalue weighted by atomic mass is 35.5. The second-order valence-corrected chi connectivity index (χ2v) is 7.22. The molecule has 1 aliphatic rings. The summed E-state index contributed by atoms with van der Waals surface area (Å²) < 4.78 is 5.18. The summed E-state index contributed by atoms with van der Waals surface area (Å²) in [7, 11) is 1.55. The van der Waals surface area contributed by atoms with Crippen molar-refractivity contribution in [2.45, 2.75) is 18.1 Å². The van der Waals surface area contributed by atoms with Crippen LogP contribution in [0, 0.1) is 11.3 Å². The van der Waals surface area contributed by atoms with Crippen molar-refractivity contribution in [2.24, 2.45) is 0 Å². The Balaban J connectivity index is 1.90. The lowest BCUT2D eigenvalue weighted by molar-refractivity contribution is -0.120. The Labute approximate surface area is 161 Å². The number of thioether (sulfide) groups is 1. The molecule has 1 heterocycles. The van der Waals surface area contributed by atoms with Crippen molar-refractivity contribution in [3.05, 3.63) is 75.3 Å². The molecular formula is C20H17ClN2O2S. The van der Waals surface area contributed by atoms with E-state index in [4.69, 9.17) is 16.3 Å². The van der Waals surface area contributed by atoms with Crippen LogP contribution in [-0.2, 0) is 10.5 Å². The smallest absolute Gasteiger partial charge is 0.225 e. The largest absolute Gasteiger partial charge is 0.495 e. The second-order valence-electron chi connectivity index (χ2n) is 5.83. The van der Waals surface area contributed by atoms with E-state index in [-0.39, 0.29) is 18.2 Å². The van der Waals surface area contributed by atoms with Gasteiger partial charge >= 0.3 is 0 Å². The van der Waals surface area contributed by atoms with Gasteiger partial charge in [0, 0.05) is 18.1 Å². The van der Waals surface area contributed by atoms with E-state index < -0.39 is 0 Å². The van der Waals surface area contributed by atoms with Crippen LogP contribution in [0.1, 0.15) is 23.5 Å². The van der Waals surface area contributed by atoms with Crippen molar-refractivity contribution in [3.8, 4) is 11.8 Å². The average molecular weight is 385 g/mol. The number of ether oxygens (including phenoxy) is 1. The third-order valence-corrected chi connectivity index (χ3v) is 5.54. The van der Waals surface area contributed by atoms with Gasteiger partial charge < -0.3 is 10.1 Å². The van der Waals surface area contributed by atoms with E-state index in [1.807, 2.05) is 36.4 Å². The third-order valence-electron chi connectivity index (χ3n) is 4.16. The SMILES string of the molecule is COc1ccc([C@H]2CC(=O)NC(SCc3ccccc3)=C2C#N)cc1Cl. The van der Waals surface area contributed by atoms with Crippen LogP contribution < -0.4 is 10.1 Å². The Morgan fingerprint density at radius 1 is 1.31 bits per heavy atom. The number of nitriles is 1. The summed E-state index contributed by atoms with van der Waals surface area (Å²) in [5.74, 6) is 0.835. The van der Waals surface area contributed by atoms with Crippen LogP contribution in [0.5, 0.6) is 5.75 Å². The molecule has 0 spiro atoms. The first-order chi connectivity index (χ1) is 12.6. The topological polar surface area (TPSA) is 62.1 Å². The van der Waals surface area contributed by atoms with Gasteiger partial charge in [-0.15, -0.1) is 11.8 Å². The molecule has 132 valence electrons. The minimum absolute atomic E-state index is 0.100.